The third-order valence-corrected chi connectivity index (χ3v) is 5.78. The average Bonchev–Trinajstić information content (AvgIpc) is 2.83. The lowest BCUT2D eigenvalue weighted by Crippen LogP contribution is -2.80. The molecule has 3 N–H and O–H groups in total. The average molecular weight is 451 g/mol. The summed E-state index contributed by atoms with van der Waals surface area (Å²) in [6, 6.07) is 14.0. The van der Waals surface area contributed by atoms with Crippen LogP contribution >= 0.6 is 0 Å². The Balaban J connectivity index is 2.03. The molecule has 1 aliphatic heterocycles. The second-order valence-electron chi connectivity index (χ2n) is 7.50. The molecular weight excluding hydrogens is 426 g/mol. The van der Waals surface area contributed by atoms with Gasteiger partial charge < -0.3 is 0 Å². The maximum Gasteiger partial charge on any atom is 0.280 e. The van der Waals surface area contributed by atoms with Crippen LogP contribution in [-0.4, -0.2) is 59.6 Å². The summed E-state index contributed by atoms with van der Waals surface area (Å²) in [5.74, 6) is -0.855. The van der Waals surface area contributed by atoms with Crippen LogP contribution in [0, 0.1) is 21.4 Å². The Morgan fingerprint density at radius 2 is 1.85 bits per heavy atom. The van der Waals surface area contributed by atoms with Crippen molar-refractivity contribution in [2.75, 3.05) is 21.1 Å². The Hall–Kier alpha value is -3.85. The molecule has 33 heavy (non-hydrogen) atoms. The van der Waals surface area contributed by atoms with Crippen LogP contribution in [0.15, 0.2) is 48.5 Å². The van der Waals surface area contributed by atoms with Gasteiger partial charge in [0.2, 0.25) is 0 Å². The minimum absolute atomic E-state index is 0.0176. The molecule has 11 nitrogen and oxygen atoms in total. The van der Waals surface area contributed by atoms with E-state index in [1.165, 1.54) is 42.3 Å². The van der Waals surface area contributed by atoms with Crippen molar-refractivity contribution in [1.82, 2.24) is 26.2 Å². The molecule has 2 unspecified atom stereocenters. The quantitative estimate of drug-likeness (QED) is 0.388. The van der Waals surface area contributed by atoms with Gasteiger partial charge in [-0.3, -0.25) is 30.0 Å². The SMILES string of the molecule is CNN1C(=O)C(Cc2cccc([N+](=O)[O-])c2)(NC)N(NC)C(=O)C1Cc1ccccc1C#N. The number of carbonyl (C=O) groups excluding carboxylic acids is 2. The summed E-state index contributed by atoms with van der Waals surface area (Å²) in [5.41, 5.74) is 5.55. The van der Waals surface area contributed by atoms with E-state index >= 15 is 0 Å². The van der Waals surface area contributed by atoms with Crippen molar-refractivity contribution in [1.29, 1.82) is 5.26 Å². The highest BCUT2D eigenvalue weighted by molar-refractivity contribution is 5.99. The maximum absolute atomic E-state index is 13.8. The molecule has 1 heterocycles. The number of nitro groups is 1. The summed E-state index contributed by atoms with van der Waals surface area (Å²) in [6.45, 7) is 0. The molecule has 0 saturated carbocycles. The number of rotatable bonds is 8. The van der Waals surface area contributed by atoms with Crippen LogP contribution in [0.4, 0.5) is 5.69 Å². The predicted octanol–water partition coefficient (Wildman–Crippen LogP) is 0.476. The van der Waals surface area contributed by atoms with E-state index in [9.17, 15) is 25.0 Å². The lowest BCUT2D eigenvalue weighted by atomic mass is 9.91. The number of carbonyl (C=O) groups is 2. The first-order chi connectivity index (χ1) is 15.8. The second kappa shape index (κ2) is 9.74. The fraction of sp³-hybridized carbons (Fsp3) is 0.318. The van der Waals surface area contributed by atoms with Crippen LogP contribution in [0.3, 0.4) is 0 Å². The zero-order chi connectivity index (χ0) is 24.2. The number of nitro benzene ring substituents is 1. The molecule has 1 fully saturated rings. The minimum Gasteiger partial charge on any atom is -0.288 e. The van der Waals surface area contributed by atoms with E-state index < -0.39 is 28.4 Å². The molecule has 1 aliphatic rings. The Labute approximate surface area is 191 Å². The standard InChI is InChI=1S/C22H25N7O4/c1-24-22(13-15-7-6-10-18(11-15)29(32)33)21(31)27(25-2)19(20(30)28(22)26-3)12-16-8-4-5-9-17(16)14-23/h4-11,19,24-26H,12-13H2,1-3H3. The minimum atomic E-state index is -1.55. The third kappa shape index (κ3) is 4.27. The largest absolute Gasteiger partial charge is 0.288 e. The normalized spacial score (nSPS) is 20.6. The monoisotopic (exact) mass is 451 g/mol. The molecule has 0 spiro atoms. The van der Waals surface area contributed by atoms with Gasteiger partial charge in [-0.1, -0.05) is 30.3 Å². The van der Waals surface area contributed by atoms with Gasteiger partial charge in [0.15, 0.2) is 5.66 Å². The van der Waals surface area contributed by atoms with E-state index in [0.29, 0.717) is 16.7 Å². The van der Waals surface area contributed by atoms with Gasteiger partial charge in [-0.05, 0) is 24.2 Å². The van der Waals surface area contributed by atoms with Crippen LogP contribution in [-0.2, 0) is 22.4 Å². The first kappa shape index (κ1) is 23.8. The van der Waals surface area contributed by atoms with Gasteiger partial charge in [-0.15, -0.1) is 0 Å². The van der Waals surface area contributed by atoms with Crippen molar-refractivity contribution < 1.29 is 14.5 Å². The molecule has 1 saturated heterocycles. The van der Waals surface area contributed by atoms with Gasteiger partial charge in [0.05, 0.1) is 16.6 Å². The van der Waals surface area contributed by atoms with Gasteiger partial charge in [-0.25, -0.2) is 15.9 Å². The topological polar surface area (TPSA) is 144 Å². The molecule has 0 aliphatic carbocycles. The Morgan fingerprint density at radius 3 is 2.45 bits per heavy atom. The molecule has 0 radical (unpaired) electrons. The van der Waals surface area contributed by atoms with Crippen molar-refractivity contribution >= 4 is 17.5 Å². The van der Waals surface area contributed by atoms with Gasteiger partial charge in [0, 0.05) is 39.1 Å². The fourth-order valence-corrected chi connectivity index (χ4v) is 4.17. The molecule has 2 aromatic carbocycles. The number of nitrogens with zero attached hydrogens (tertiary/aromatic N) is 4. The van der Waals surface area contributed by atoms with Crippen molar-refractivity contribution in [2.24, 2.45) is 0 Å². The van der Waals surface area contributed by atoms with Crippen LogP contribution < -0.4 is 16.2 Å². The molecule has 172 valence electrons. The first-order valence-electron chi connectivity index (χ1n) is 10.3. The van der Waals surface area contributed by atoms with Gasteiger partial charge >= 0.3 is 0 Å². The van der Waals surface area contributed by atoms with Crippen molar-refractivity contribution in [3.8, 4) is 6.07 Å². The fourth-order valence-electron chi connectivity index (χ4n) is 4.17. The first-order valence-corrected chi connectivity index (χ1v) is 10.3. The maximum atomic E-state index is 13.8. The zero-order valence-electron chi connectivity index (χ0n) is 18.5. The number of likely N-dealkylation sites (N-methyl/N-ethyl adjacent to an activating group) is 1. The van der Waals surface area contributed by atoms with E-state index in [1.807, 2.05) is 0 Å². The summed E-state index contributed by atoms with van der Waals surface area (Å²) < 4.78 is 0. The summed E-state index contributed by atoms with van der Waals surface area (Å²) in [4.78, 5) is 38.1. The molecular formula is C22H25N7O4. The highest BCUT2D eigenvalue weighted by Gasteiger charge is 2.56. The number of benzene rings is 2. The highest BCUT2D eigenvalue weighted by Crippen LogP contribution is 2.29. The van der Waals surface area contributed by atoms with Crippen molar-refractivity contribution in [3.05, 3.63) is 75.3 Å². The number of hydrogen-bond acceptors (Lipinski definition) is 8. The van der Waals surface area contributed by atoms with Gasteiger partial charge in [0.1, 0.15) is 6.04 Å². The molecule has 3 rings (SSSR count). The molecule has 0 aromatic heterocycles. The Morgan fingerprint density at radius 1 is 1.12 bits per heavy atom. The molecule has 2 amide bonds. The second-order valence-corrected chi connectivity index (χ2v) is 7.50. The summed E-state index contributed by atoms with van der Waals surface area (Å²) in [6.07, 6.45) is 0.111. The number of hydrazine groups is 2. The summed E-state index contributed by atoms with van der Waals surface area (Å²) in [5, 5.41) is 26.1. The van der Waals surface area contributed by atoms with Gasteiger partial charge in [0.25, 0.3) is 17.5 Å². The van der Waals surface area contributed by atoms with E-state index in [1.54, 1.807) is 37.4 Å². The van der Waals surface area contributed by atoms with E-state index in [0.717, 1.165) is 0 Å². The third-order valence-electron chi connectivity index (χ3n) is 5.78. The van der Waals surface area contributed by atoms with E-state index in [4.69, 9.17) is 0 Å². The van der Waals surface area contributed by atoms with Gasteiger partial charge in [-0.2, -0.15) is 5.26 Å². The zero-order valence-corrected chi connectivity index (χ0v) is 18.5. The lowest BCUT2D eigenvalue weighted by molar-refractivity contribution is -0.384. The number of piperazine rings is 1. The summed E-state index contributed by atoms with van der Waals surface area (Å²) in [7, 11) is 4.61. The number of hydrogen-bond donors (Lipinski definition) is 3. The lowest BCUT2D eigenvalue weighted by Gasteiger charge is -2.51. The van der Waals surface area contributed by atoms with Crippen LogP contribution in [0.1, 0.15) is 16.7 Å². The smallest absolute Gasteiger partial charge is 0.280 e. The molecule has 11 heteroatoms. The molecule has 2 aromatic rings. The molecule has 2 atom stereocenters. The van der Waals surface area contributed by atoms with Crippen molar-refractivity contribution in [3.63, 3.8) is 0 Å². The Kier molecular flexibility index (Phi) is 7.03. The predicted molar refractivity (Wildman–Crippen MR) is 119 cm³/mol. The Bertz CT molecular complexity index is 1120. The summed E-state index contributed by atoms with van der Waals surface area (Å²) >= 11 is 0. The van der Waals surface area contributed by atoms with E-state index in [2.05, 4.69) is 22.2 Å². The number of nitrogens with one attached hydrogen (secondary N) is 3. The highest BCUT2D eigenvalue weighted by atomic mass is 16.6. The van der Waals surface area contributed by atoms with Crippen LogP contribution in [0.5, 0.6) is 0 Å². The number of amides is 2. The van der Waals surface area contributed by atoms with Crippen LogP contribution in [0.25, 0.3) is 0 Å². The van der Waals surface area contributed by atoms with Crippen molar-refractivity contribution in [2.45, 2.75) is 24.5 Å². The van der Waals surface area contributed by atoms with E-state index in [-0.39, 0.29) is 18.5 Å². The van der Waals surface area contributed by atoms with Crippen LogP contribution in [0.2, 0.25) is 0 Å². The number of nitriles is 1. The molecule has 0 bridgehead atoms. The number of non-ortho nitro benzene ring substituents is 1.